The topological polar surface area (TPSA) is 35.2 Å². The fourth-order valence-electron chi connectivity index (χ4n) is 2.11. The van der Waals surface area contributed by atoms with Crippen LogP contribution in [0.4, 0.5) is 0 Å². The van der Waals surface area contributed by atoms with Crippen LogP contribution in [0.15, 0.2) is 18.2 Å². The summed E-state index contributed by atoms with van der Waals surface area (Å²) in [6.45, 7) is 9.33. The Bertz CT molecular complexity index is 377. The van der Waals surface area contributed by atoms with Crippen LogP contribution < -0.4 is 10.5 Å². The lowest BCUT2D eigenvalue weighted by Crippen LogP contribution is -2.13. The summed E-state index contributed by atoms with van der Waals surface area (Å²) in [5.74, 6) is 2.09. The van der Waals surface area contributed by atoms with Gasteiger partial charge in [0.05, 0.1) is 6.61 Å². The zero-order valence-corrected chi connectivity index (χ0v) is 12.5. The molecule has 102 valence electrons. The second-order valence-electron chi connectivity index (χ2n) is 5.52. The summed E-state index contributed by atoms with van der Waals surface area (Å²) in [7, 11) is 0. The van der Waals surface area contributed by atoms with Gasteiger partial charge >= 0.3 is 0 Å². The normalized spacial score (nSPS) is 14.6. The van der Waals surface area contributed by atoms with E-state index in [1.54, 1.807) is 0 Å². The van der Waals surface area contributed by atoms with Gasteiger partial charge in [0.25, 0.3) is 0 Å². The monoisotopic (exact) mass is 269 g/mol. The Kier molecular flexibility index (Phi) is 5.97. The van der Waals surface area contributed by atoms with Crippen LogP contribution in [0.25, 0.3) is 0 Å². The lowest BCUT2D eigenvalue weighted by atomic mass is 10.00. The van der Waals surface area contributed by atoms with Crippen LogP contribution >= 0.6 is 11.6 Å². The van der Waals surface area contributed by atoms with Crippen molar-refractivity contribution in [2.45, 2.75) is 40.2 Å². The van der Waals surface area contributed by atoms with Crippen LogP contribution in [0.5, 0.6) is 5.75 Å². The molecule has 0 amide bonds. The highest BCUT2D eigenvalue weighted by Gasteiger charge is 2.11. The summed E-state index contributed by atoms with van der Waals surface area (Å²) in [6, 6.07) is 5.56. The van der Waals surface area contributed by atoms with Crippen molar-refractivity contribution in [1.29, 1.82) is 0 Å². The van der Waals surface area contributed by atoms with Gasteiger partial charge in [-0.3, -0.25) is 0 Å². The van der Waals surface area contributed by atoms with Crippen molar-refractivity contribution in [1.82, 2.24) is 0 Å². The van der Waals surface area contributed by atoms with E-state index in [-0.39, 0.29) is 6.04 Å². The molecule has 0 saturated heterocycles. The third kappa shape index (κ3) is 4.87. The third-order valence-corrected chi connectivity index (χ3v) is 3.09. The molecule has 3 heteroatoms. The van der Waals surface area contributed by atoms with Gasteiger partial charge < -0.3 is 10.5 Å². The van der Waals surface area contributed by atoms with Crippen LogP contribution in [0, 0.1) is 11.8 Å². The van der Waals surface area contributed by atoms with E-state index in [0.717, 1.165) is 17.9 Å². The lowest BCUT2D eigenvalue weighted by molar-refractivity contribution is 0.236. The van der Waals surface area contributed by atoms with Crippen LogP contribution in [0.1, 0.15) is 45.7 Å². The number of benzene rings is 1. The zero-order valence-electron chi connectivity index (χ0n) is 11.7. The SMILES string of the molecule is CC(C)CC(C)COc1ccc(Cl)cc1[C@H](C)N. The minimum Gasteiger partial charge on any atom is -0.493 e. The molecule has 0 spiro atoms. The molecule has 1 rings (SSSR count). The van der Waals surface area contributed by atoms with E-state index < -0.39 is 0 Å². The number of hydrogen-bond acceptors (Lipinski definition) is 2. The summed E-state index contributed by atoms with van der Waals surface area (Å²) < 4.78 is 5.88. The van der Waals surface area contributed by atoms with Crippen molar-refractivity contribution in [3.63, 3.8) is 0 Å². The fraction of sp³-hybridized carbons (Fsp3) is 0.600. The molecule has 2 N–H and O–H groups in total. The molecule has 1 aromatic rings. The molecule has 0 saturated carbocycles. The van der Waals surface area contributed by atoms with Crippen LogP contribution in [-0.2, 0) is 0 Å². The number of rotatable bonds is 6. The Balaban J connectivity index is 2.67. The molecule has 0 aliphatic rings. The summed E-state index contributed by atoms with van der Waals surface area (Å²) in [6.07, 6.45) is 1.17. The summed E-state index contributed by atoms with van der Waals surface area (Å²) in [4.78, 5) is 0. The molecule has 2 nitrogen and oxygen atoms in total. The van der Waals surface area contributed by atoms with E-state index in [2.05, 4.69) is 20.8 Å². The molecule has 0 aliphatic heterocycles. The maximum atomic E-state index is 5.98. The predicted molar refractivity (Wildman–Crippen MR) is 78.2 cm³/mol. The van der Waals surface area contributed by atoms with E-state index >= 15 is 0 Å². The Morgan fingerprint density at radius 2 is 1.89 bits per heavy atom. The Morgan fingerprint density at radius 3 is 2.44 bits per heavy atom. The van der Waals surface area contributed by atoms with Crippen LogP contribution in [0.2, 0.25) is 5.02 Å². The average Bonchev–Trinajstić information content (AvgIpc) is 2.26. The fourth-order valence-corrected chi connectivity index (χ4v) is 2.29. The molecule has 0 fully saturated rings. The molecule has 0 bridgehead atoms. The van der Waals surface area contributed by atoms with E-state index in [9.17, 15) is 0 Å². The van der Waals surface area contributed by atoms with Crippen LogP contribution in [-0.4, -0.2) is 6.61 Å². The predicted octanol–water partition coefficient (Wildman–Crippen LogP) is 4.42. The summed E-state index contributed by atoms with van der Waals surface area (Å²) >= 11 is 5.98. The number of ether oxygens (including phenoxy) is 1. The molecular formula is C15H24ClNO. The van der Waals surface area contributed by atoms with Crippen molar-refractivity contribution in [3.8, 4) is 5.75 Å². The van der Waals surface area contributed by atoms with E-state index in [4.69, 9.17) is 22.1 Å². The lowest BCUT2D eigenvalue weighted by Gasteiger charge is -2.18. The summed E-state index contributed by atoms with van der Waals surface area (Å²) in [5, 5.41) is 0.699. The maximum Gasteiger partial charge on any atom is 0.124 e. The molecule has 0 radical (unpaired) electrons. The molecule has 0 aromatic heterocycles. The first kappa shape index (κ1) is 15.3. The Morgan fingerprint density at radius 1 is 1.22 bits per heavy atom. The first-order valence-corrected chi connectivity index (χ1v) is 6.95. The van der Waals surface area contributed by atoms with Gasteiger partial charge in [0, 0.05) is 16.6 Å². The minimum absolute atomic E-state index is 0.0703. The van der Waals surface area contributed by atoms with Gasteiger partial charge in [-0.2, -0.15) is 0 Å². The Hall–Kier alpha value is -0.730. The highest BCUT2D eigenvalue weighted by molar-refractivity contribution is 6.30. The van der Waals surface area contributed by atoms with Crippen LogP contribution in [0.3, 0.4) is 0 Å². The number of hydrogen-bond donors (Lipinski definition) is 1. The molecule has 2 atom stereocenters. The van der Waals surface area contributed by atoms with Crippen molar-refractivity contribution >= 4 is 11.6 Å². The van der Waals surface area contributed by atoms with Gasteiger partial charge in [0.15, 0.2) is 0 Å². The molecule has 0 aliphatic carbocycles. The highest BCUT2D eigenvalue weighted by atomic mass is 35.5. The first-order chi connectivity index (χ1) is 8.40. The van der Waals surface area contributed by atoms with Gasteiger partial charge in [-0.05, 0) is 43.4 Å². The van der Waals surface area contributed by atoms with Crippen molar-refractivity contribution in [3.05, 3.63) is 28.8 Å². The van der Waals surface area contributed by atoms with Crippen molar-refractivity contribution < 1.29 is 4.74 Å². The number of halogens is 1. The highest BCUT2D eigenvalue weighted by Crippen LogP contribution is 2.28. The smallest absolute Gasteiger partial charge is 0.124 e. The maximum absolute atomic E-state index is 5.98. The average molecular weight is 270 g/mol. The molecular weight excluding hydrogens is 246 g/mol. The molecule has 0 heterocycles. The van der Waals surface area contributed by atoms with Gasteiger partial charge in [0.1, 0.15) is 5.75 Å². The minimum atomic E-state index is -0.0703. The second kappa shape index (κ2) is 7.01. The number of nitrogens with two attached hydrogens (primary N) is 1. The third-order valence-electron chi connectivity index (χ3n) is 2.86. The van der Waals surface area contributed by atoms with Crippen molar-refractivity contribution in [2.24, 2.45) is 17.6 Å². The van der Waals surface area contributed by atoms with E-state index in [0.29, 0.717) is 16.9 Å². The standard InChI is InChI=1S/C15H24ClNO/c1-10(2)7-11(3)9-18-15-6-5-13(16)8-14(15)12(4)17/h5-6,8,10-12H,7,9,17H2,1-4H3/t11?,12-/m0/s1. The van der Waals surface area contributed by atoms with E-state index in [1.165, 1.54) is 6.42 Å². The Labute approximate surface area is 115 Å². The second-order valence-corrected chi connectivity index (χ2v) is 5.95. The summed E-state index contributed by atoms with van der Waals surface area (Å²) in [5.41, 5.74) is 6.90. The van der Waals surface area contributed by atoms with Gasteiger partial charge in [0.2, 0.25) is 0 Å². The molecule has 18 heavy (non-hydrogen) atoms. The molecule has 1 aromatic carbocycles. The first-order valence-electron chi connectivity index (χ1n) is 6.58. The van der Waals surface area contributed by atoms with Crippen molar-refractivity contribution in [2.75, 3.05) is 6.61 Å². The zero-order chi connectivity index (χ0) is 13.7. The van der Waals surface area contributed by atoms with Gasteiger partial charge in [-0.1, -0.05) is 32.4 Å². The van der Waals surface area contributed by atoms with Gasteiger partial charge in [-0.15, -0.1) is 0 Å². The largest absolute Gasteiger partial charge is 0.493 e. The molecule has 1 unspecified atom stereocenters. The van der Waals surface area contributed by atoms with Gasteiger partial charge in [-0.25, -0.2) is 0 Å². The quantitative estimate of drug-likeness (QED) is 0.830. The van der Waals surface area contributed by atoms with E-state index in [1.807, 2.05) is 25.1 Å².